The zero-order valence-corrected chi connectivity index (χ0v) is 18.2. The third kappa shape index (κ3) is 3.71. The van der Waals surface area contributed by atoms with E-state index < -0.39 is 11.5 Å². The normalized spacial score (nSPS) is 26.9. The van der Waals surface area contributed by atoms with Gasteiger partial charge in [0.15, 0.2) is 5.78 Å². The van der Waals surface area contributed by atoms with Gasteiger partial charge in [-0.05, 0) is 78.5 Å². The Bertz CT molecular complexity index is 944. The lowest BCUT2D eigenvalue weighted by atomic mass is 9.70. The number of rotatable bonds is 3. The van der Waals surface area contributed by atoms with Crippen LogP contribution in [0.3, 0.4) is 0 Å². The highest BCUT2D eigenvalue weighted by Gasteiger charge is 2.54. The maximum absolute atomic E-state index is 13.5. The average Bonchev–Trinajstić information content (AvgIpc) is 2.93. The van der Waals surface area contributed by atoms with Gasteiger partial charge in [-0.15, -0.1) is 0 Å². The lowest BCUT2D eigenvalue weighted by Crippen LogP contribution is -2.49. The number of carbonyl (C=O) groups excluding carboxylic acids is 2. The lowest BCUT2D eigenvalue weighted by molar-refractivity contribution is -0.126. The van der Waals surface area contributed by atoms with E-state index in [2.05, 4.69) is 19.2 Å². The fraction of sp³-hybridized carbons (Fsp3) is 0.417. The highest BCUT2D eigenvalue weighted by atomic mass is 35.5. The topological polar surface area (TPSA) is 46.2 Å². The summed E-state index contributed by atoms with van der Waals surface area (Å²) in [6, 6.07) is 13.0. The molecule has 0 radical (unpaired) electrons. The molecule has 1 aliphatic heterocycles. The fourth-order valence-electron chi connectivity index (χ4n) is 4.81. The third-order valence-electron chi connectivity index (χ3n) is 6.67. The largest absolute Gasteiger partial charge is 0.343 e. The summed E-state index contributed by atoms with van der Waals surface area (Å²) >= 11 is 12.4. The van der Waals surface area contributed by atoms with Crippen LogP contribution in [0.1, 0.15) is 51.0 Å². The predicted octanol–water partition coefficient (Wildman–Crippen LogP) is 6.03. The van der Waals surface area contributed by atoms with Crippen LogP contribution in [0, 0.1) is 11.8 Å². The number of amides is 1. The summed E-state index contributed by atoms with van der Waals surface area (Å²) in [7, 11) is 0. The van der Waals surface area contributed by atoms with Crippen LogP contribution in [0.15, 0.2) is 42.5 Å². The average molecular weight is 430 g/mol. The maximum atomic E-state index is 13.5. The SMILES string of the molecule is CC(C)C1CCC2(CC1)NC(=O)C(c1cc(-c3ccc(Cl)cc3)ccc1Cl)C2=O. The number of hydrogen-bond acceptors (Lipinski definition) is 2. The van der Waals surface area contributed by atoms with E-state index >= 15 is 0 Å². The minimum absolute atomic E-state index is 0.0279. The van der Waals surface area contributed by atoms with Crippen LogP contribution in [0.5, 0.6) is 0 Å². The van der Waals surface area contributed by atoms with E-state index in [-0.39, 0.29) is 11.7 Å². The molecule has 3 nitrogen and oxygen atoms in total. The Morgan fingerprint density at radius 1 is 0.966 bits per heavy atom. The Morgan fingerprint density at radius 2 is 1.59 bits per heavy atom. The second kappa shape index (κ2) is 7.77. The second-order valence-electron chi connectivity index (χ2n) is 8.69. The first-order chi connectivity index (χ1) is 13.8. The molecule has 2 aromatic carbocycles. The highest BCUT2D eigenvalue weighted by Crippen LogP contribution is 2.44. The quantitative estimate of drug-likeness (QED) is 0.605. The van der Waals surface area contributed by atoms with Gasteiger partial charge in [0.1, 0.15) is 5.92 Å². The van der Waals surface area contributed by atoms with Crippen LogP contribution >= 0.6 is 23.2 Å². The summed E-state index contributed by atoms with van der Waals surface area (Å²) < 4.78 is 0. The molecule has 1 spiro atoms. The van der Waals surface area contributed by atoms with Gasteiger partial charge in [-0.25, -0.2) is 0 Å². The summed E-state index contributed by atoms with van der Waals surface area (Å²) in [6.07, 6.45) is 3.36. The number of hydrogen-bond donors (Lipinski definition) is 1. The highest BCUT2D eigenvalue weighted by molar-refractivity contribution is 6.33. The van der Waals surface area contributed by atoms with Gasteiger partial charge in [-0.2, -0.15) is 0 Å². The Kier molecular flexibility index (Phi) is 5.48. The Labute approximate surface area is 181 Å². The zero-order chi connectivity index (χ0) is 20.8. The molecule has 2 fully saturated rings. The van der Waals surface area contributed by atoms with Crippen molar-refractivity contribution in [3.63, 3.8) is 0 Å². The van der Waals surface area contributed by atoms with Gasteiger partial charge >= 0.3 is 0 Å². The van der Waals surface area contributed by atoms with Crippen molar-refractivity contribution in [3.8, 4) is 11.1 Å². The van der Waals surface area contributed by atoms with Gasteiger partial charge in [-0.3, -0.25) is 9.59 Å². The minimum atomic E-state index is -0.842. The van der Waals surface area contributed by atoms with Crippen LogP contribution in [0.4, 0.5) is 0 Å². The molecule has 0 bridgehead atoms. The molecule has 1 saturated carbocycles. The number of halogens is 2. The Hall–Kier alpha value is -1.84. The van der Waals surface area contributed by atoms with E-state index in [1.807, 2.05) is 36.4 Å². The second-order valence-corrected chi connectivity index (χ2v) is 9.54. The number of carbonyl (C=O) groups is 2. The van der Waals surface area contributed by atoms with Gasteiger partial charge in [0.25, 0.3) is 0 Å². The van der Waals surface area contributed by atoms with Gasteiger partial charge in [0.05, 0.1) is 5.54 Å². The molecule has 1 unspecified atom stereocenters. The molecular formula is C24H25Cl2NO2. The van der Waals surface area contributed by atoms with E-state index in [0.717, 1.165) is 24.0 Å². The molecule has 5 heteroatoms. The lowest BCUT2D eigenvalue weighted by Gasteiger charge is -2.37. The molecule has 1 N–H and O–H groups in total. The molecule has 1 atom stereocenters. The molecule has 2 aliphatic rings. The maximum Gasteiger partial charge on any atom is 0.236 e. The van der Waals surface area contributed by atoms with E-state index in [0.29, 0.717) is 40.3 Å². The monoisotopic (exact) mass is 429 g/mol. The molecule has 1 saturated heterocycles. The number of Topliss-reactive ketones (excluding diaryl/α,β-unsaturated/α-hetero) is 1. The van der Waals surface area contributed by atoms with Crippen molar-refractivity contribution in [1.29, 1.82) is 0 Å². The van der Waals surface area contributed by atoms with Crippen LogP contribution < -0.4 is 5.32 Å². The van der Waals surface area contributed by atoms with Crippen molar-refractivity contribution >= 4 is 34.9 Å². The summed E-state index contributed by atoms with van der Waals surface area (Å²) in [4.78, 5) is 26.4. The van der Waals surface area contributed by atoms with Crippen LogP contribution in [-0.4, -0.2) is 17.2 Å². The molecule has 1 aliphatic carbocycles. The van der Waals surface area contributed by atoms with Crippen LogP contribution in [0.2, 0.25) is 10.0 Å². The molecule has 4 rings (SSSR count). The fourth-order valence-corrected chi connectivity index (χ4v) is 5.16. The van der Waals surface area contributed by atoms with Crippen molar-refractivity contribution in [3.05, 3.63) is 58.1 Å². The molecule has 29 heavy (non-hydrogen) atoms. The van der Waals surface area contributed by atoms with Crippen LogP contribution in [-0.2, 0) is 9.59 Å². The zero-order valence-electron chi connectivity index (χ0n) is 16.7. The van der Waals surface area contributed by atoms with Crippen molar-refractivity contribution < 1.29 is 9.59 Å². The van der Waals surface area contributed by atoms with Gasteiger partial charge in [0.2, 0.25) is 5.91 Å². The number of nitrogens with one attached hydrogen (secondary N) is 1. The van der Waals surface area contributed by atoms with Crippen molar-refractivity contribution in [2.75, 3.05) is 0 Å². The minimum Gasteiger partial charge on any atom is -0.343 e. The van der Waals surface area contributed by atoms with Gasteiger partial charge < -0.3 is 5.32 Å². The number of ketones is 1. The molecule has 1 heterocycles. The van der Waals surface area contributed by atoms with Crippen molar-refractivity contribution in [2.24, 2.45) is 11.8 Å². The summed E-state index contributed by atoms with van der Waals surface area (Å²) in [5, 5.41) is 4.16. The summed E-state index contributed by atoms with van der Waals surface area (Å²) in [6.45, 7) is 4.45. The third-order valence-corrected chi connectivity index (χ3v) is 7.27. The van der Waals surface area contributed by atoms with Gasteiger partial charge in [-0.1, -0.05) is 55.2 Å². The van der Waals surface area contributed by atoms with Gasteiger partial charge in [0, 0.05) is 10.0 Å². The van der Waals surface area contributed by atoms with E-state index in [1.54, 1.807) is 6.07 Å². The Morgan fingerprint density at radius 3 is 2.21 bits per heavy atom. The standard InChI is InChI=1S/C24H25Cl2NO2/c1-14(2)15-9-11-24(12-10-15)22(28)21(23(29)27-24)19-13-17(5-8-20(19)26)16-3-6-18(25)7-4-16/h3-8,13-15,21H,9-12H2,1-2H3,(H,27,29). The first kappa shape index (κ1) is 20.4. The first-order valence-electron chi connectivity index (χ1n) is 10.2. The molecule has 1 amide bonds. The van der Waals surface area contributed by atoms with Crippen molar-refractivity contribution in [1.82, 2.24) is 5.32 Å². The number of benzene rings is 2. The summed E-state index contributed by atoms with van der Waals surface area (Å²) in [5.41, 5.74) is 1.73. The van der Waals surface area contributed by atoms with E-state index in [4.69, 9.17) is 23.2 Å². The summed E-state index contributed by atoms with van der Waals surface area (Å²) in [5.74, 6) is 0.111. The van der Waals surface area contributed by atoms with E-state index in [9.17, 15) is 9.59 Å². The molecule has 152 valence electrons. The first-order valence-corrected chi connectivity index (χ1v) is 11.0. The van der Waals surface area contributed by atoms with Crippen LogP contribution in [0.25, 0.3) is 11.1 Å². The molecule has 0 aromatic heterocycles. The van der Waals surface area contributed by atoms with Crippen molar-refractivity contribution in [2.45, 2.75) is 51.0 Å². The smallest absolute Gasteiger partial charge is 0.236 e. The predicted molar refractivity (Wildman–Crippen MR) is 117 cm³/mol. The molecular weight excluding hydrogens is 405 g/mol. The van der Waals surface area contributed by atoms with E-state index in [1.165, 1.54) is 0 Å². The molecule has 2 aromatic rings. The Balaban J connectivity index is 1.65.